The number of carbonyl (C=O) groups excluding carboxylic acids is 1. The fourth-order valence-electron chi connectivity index (χ4n) is 2.35. The van der Waals surface area contributed by atoms with Crippen molar-refractivity contribution in [2.45, 2.75) is 18.1 Å². The van der Waals surface area contributed by atoms with Crippen molar-refractivity contribution < 1.29 is 18.0 Å². The summed E-state index contributed by atoms with van der Waals surface area (Å²) in [5.74, 6) is -0.0212. The SMILES string of the molecule is Cc1nn(-c2ccccc2)nc1C(=O)NCCSc1ncc(C(F)(F)F)cc1Cl. The number of pyridine rings is 1. The second-order valence-corrected chi connectivity index (χ2v) is 7.36. The molecule has 0 saturated heterocycles. The molecule has 3 rings (SSSR count). The van der Waals surface area contributed by atoms with Crippen LogP contribution in [0.25, 0.3) is 5.69 Å². The molecule has 1 aromatic carbocycles. The normalized spacial score (nSPS) is 11.5. The Bertz CT molecular complexity index is 1010. The third-order valence-electron chi connectivity index (χ3n) is 3.75. The van der Waals surface area contributed by atoms with E-state index in [2.05, 4.69) is 20.5 Å². The molecule has 0 spiro atoms. The van der Waals surface area contributed by atoms with Gasteiger partial charge in [0.2, 0.25) is 0 Å². The minimum atomic E-state index is -4.50. The van der Waals surface area contributed by atoms with E-state index in [9.17, 15) is 18.0 Å². The van der Waals surface area contributed by atoms with E-state index in [4.69, 9.17) is 11.6 Å². The molecule has 0 aliphatic rings. The molecule has 2 aromatic heterocycles. The van der Waals surface area contributed by atoms with Gasteiger partial charge >= 0.3 is 6.18 Å². The molecule has 1 amide bonds. The third-order valence-corrected chi connectivity index (χ3v) is 5.15. The van der Waals surface area contributed by atoms with Crippen molar-refractivity contribution in [3.63, 3.8) is 0 Å². The number of benzene rings is 1. The lowest BCUT2D eigenvalue weighted by Gasteiger charge is -2.09. The Balaban J connectivity index is 1.55. The van der Waals surface area contributed by atoms with Crippen molar-refractivity contribution in [3.8, 4) is 5.69 Å². The Labute approximate surface area is 173 Å². The van der Waals surface area contributed by atoms with Crippen molar-refractivity contribution in [2.75, 3.05) is 12.3 Å². The number of para-hydroxylation sites is 1. The van der Waals surface area contributed by atoms with Crippen LogP contribution >= 0.6 is 23.4 Å². The van der Waals surface area contributed by atoms with Crippen LogP contribution in [0.5, 0.6) is 0 Å². The van der Waals surface area contributed by atoms with Crippen molar-refractivity contribution in [1.82, 2.24) is 25.3 Å². The van der Waals surface area contributed by atoms with Crippen molar-refractivity contribution in [3.05, 3.63) is 64.6 Å². The summed E-state index contributed by atoms with van der Waals surface area (Å²) >= 11 is 7.01. The van der Waals surface area contributed by atoms with E-state index in [1.54, 1.807) is 6.92 Å². The van der Waals surface area contributed by atoms with E-state index in [1.165, 1.54) is 4.80 Å². The highest BCUT2D eigenvalue weighted by molar-refractivity contribution is 7.99. The summed E-state index contributed by atoms with van der Waals surface area (Å²) in [6.45, 7) is 1.93. The summed E-state index contributed by atoms with van der Waals surface area (Å²) in [5, 5.41) is 11.3. The molecule has 0 atom stereocenters. The third kappa shape index (κ3) is 5.27. The van der Waals surface area contributed by atoms with E-state index in [0.29, 0.717) is 11.4 Å². The number of alkyl halides is 3. The van der Waals surface area contributed by atoms with Crippen LogP contribution in [0, 0.1) is 6.92 Å². The molecule has 152 valence electrons. The molecule has 0 bridgehead atoms. The number of hydrogen-bond donors (Lipinski definition) is 1. The molecule has 0 saturated carbocycles. The summed E-state index contributed by atoms with van der Waals surface area (Å²) in [5.41, 5.74) is 0.501. The summed E-state index contributed by atoms with van der Waals surface area (Å²) in [7, 11) is 0. The molecule has 2 heterocycles. The smallest absolute Gasteiger partial charge is 0.350 e. The van der Waals surface area contributed by atoms with Gasteiger partial charge in [0.05, 0.1) is 22.0 Å². The van der Waals surface area contributed by atoms with Crippen LogP contribution in [0.4, 0.5) is 13.2 Å². The molecule has 11 heteroatoms. The second kappa shape index (κ2) is 8.83. The first-order valence-corrected chi connectivity index (χ1v) is 9.75. The van der Waals surface area contributed by atoms with Crippen LogP contribution in [0.2, 0.25) is 5.02 Å². The average molecular weight is 442 g/mol. The zero-order valence-corrected chi connectivity index (χ0v) is 16.6. The number of hydrogen-bond acceptors (Lipinski definition) is 5. The van der Waals surface area contributed by atoms with Crippen LogP contribution in [0.3, 0.4) is 0 Å². The molecule has 0 radical (unpaired) electrons. The molecule has 6 nitrogen and oxygen atoms in total. The van der Waals surface area contributed by atoms with Crippen LogP contribution in [0.1, 0.15) is 21.7 Å². The van der Waals surface area contributed by atoms with Gasteiger partial charge in [-0.05, 0) is 25.1 Å². The van der Waals surface area contributed by atoms with E-state index in [1.807, 2.05) is 30.3 Å². The van der Waals surface area contributed by atoms with E-state index >= 15 is 0 Å². The standard InChI is InChI=1S/C18H15ClF3N5OS/c1-11-15(26-27(25-11)13-5-3-2-4-6-13)16(28)23-7-8-29-17-14(19)9-12(10-24-17)18(20,21)22/h2-6,9-10H,7-8H2,1H3,(H,23,28). The highest BCUT2D eigenvalue weighted by Gasteiger charge is 2.31. The van der Waals surface area contributed by atoms with Crippen LogP contribution in [-0.4, -0.2) is 38.2 Å². The van der Waals surface area contributed by atoms with Gasteiger partial charge in [0, 0.05) is 18.5 Å². The van der Waals surface area contributed by atoms with Gasteiger partial charge in [-0.3, -0.25) is 4.79 Å². The number of nitrogens with zero attached hydrogens (tertiary/aromatic N) is 4. The van der Waals surface area contributed by atoms with Gasteiger partial charge < -0.3 is 5.32 Å². The first-order valence-electron chi connectivity index (χ1n) is 8.39. The monoisotopic (exact) mass is 441 g/mol. The molecule has 0 aliphatic heterocycles. The van der Waals surface area contributed by atoms with Crippen molar-refractivity contribution in [1.29, 1.82) is 0 Å². The lowest BCUT2D eigenvalue weighted by molar-refractivity contribution is -0.137. The van der Waals surface area contributed by atoms with E-state index in [0.717, 1.165) is 29.7 Å². The molecule has 0 fully saturated rings. The molecular weight excluding hydrogens is 427 g/mol. The lowest BCUT2D eigenvalue weighted by atomic mass is 10.3. The van der Waals surface area contributed by atoms with Crippen LogP contribution < -0.4 is 5.32 Å². The Morgan fingerprint density at radius 1 is 1.24 bits per heavy atom. The van der Waals surface area contributed by atoms with Gasteiger partial charge in [0.15, 0.2) is 5.69 Å². The minimum Gasteiger partial charge on any atom is -0.350 e. The van der Waals surface area contributed by atoms with E-state index < -0.39 is 17.6 Å². The fraction of sp³-hybridized carbons (Fsp3) is 0.222. The summed E-state index contributed by atoms with van der Waals surface area (Å²) < 4.78 is 37.9. The predicted molar refractivity (Wildman–Crippen MR) is 103 cm³/mol. The summed E-state index contributed by atoms with van der Waals surface area (Å²) in [6, 6.07) is 10.0. The highest BCUT2D eigenvalue weighted by Crippen LogP contribution is 2.33. The minimum absolute atomic E-state index is 0.0854. The maximum atomic E-state index is 12.6. The van der Waals surface area contributed by atoms with Gasteiger partial charge in [-0.1, -0.05) is 29.8 Å². The molecule has 1 N–H and O–H groups in total. The zero-order valence-electron chi connectivity index (χ0n) is 15.1. The van der Waals surface area contributed by atoms with Gasteiger partial charge in [-0.15, -0.1) is 16.9 Å². The Morgan fingerprint density at radius 3 is 2.62 bits per heavy atom. The first kappa shape index (κ1) is 21.1. The molecule has 0 unspecified atom stereocenters. The van der Waals surface area contributed by atoms with Gasteiger partial charge in [-0.25, -0.2) is 4.98 Å². The van der Waals surface area contributed by atoms with Gasteiger partial charge in [-0.2, -0.15) is 23.1 Å². The van der Waals surface area contributed by atoms with Crippen molar-refractivity contribution >= 4 is 29.3 Å². The second-order valence-electron chi connectivity index (χ2n) is 5.87. The summed E-state index contributed by atoms with van der Waals surface area (Å²) in [4.78, 5) is 17.5. The molecule has 3 aromatic rings. The number of halogens is 4. The number of rotatable bonds is 6. The first-order chi connectivity index (χ1) is 13.8. The number of aromatic nitrogens is 4. The predicted octanol–water partition coefficient (Wildman–Crippen LogP) is 4.17. The molecule has 29 heavy (non-hydrogen) atoms. The number of aryl methyl sites for hydroxylation is 1. The van der Waals surface area contributed by atoms with Crippen molar-refractivity contribution in [2.24, 2.45) is 0 Å². The Morgan fingerprint density at radius 2 is 1.97 bits per heavy atom. The van der Waals surface area contributed by atoms with E-state index in [-0.39, 0.29) is 22.3 Å². The Kier molecular flexibility index (Phi) is 6.43. The van der Waals surface area contributed by atoms with Gasteiger partial charge in [0.1, 0.15) is 5.03 Å². The maximum absolute atomic E-state index is 12.6. The zero-order chi connectivity index (χ0) is 21.0. The quantitative estimate of drug-likeness (QED) is 0.459. The number of amides is 1. The average Bonchev–Trinajstić information content (AvgIpc) is 3.08. The highest BCUT2D eigenvalue weighted by atomic mass is 35.5. The number of carbonyl (C=O) groups is 1. The Hall–Kier alpha value is -2.59. The number of nitrogens with one attached hydrogen (secondary N) is 1. The number of thioether (sulfide) groups is 1. The van der Waals surface area contributed by atoms with Crippen LogP contribution in [0.15, 0.2) is 47.6 Å². The summed E-state index contributed by atoms with van der Waals surface area (Å²) in [6.07, 6.45) is -3.76. The van der Waals surface area contributed by atoms with Gasteiger partial charge in [0.25, 0.3) is 5.91 Å². The fourth-order valence-corrected chi connectivity index (χ4v) is 3.40. The van der Waals surface area contributed by atoms with Crippen LogP contribution in [-0.2, 0) is 6.18 Å². The largest absolute Gasteiger partial charge is 0.417 e. The lowest BCUT2D eigenvalue weighted by Crippen LogP contribution is -2.27. The topological polar surface area (TPSA) is 72.7 Å². The maximum Gasteiger partial charge on any atom is 0.417 e. The molecular formula is C18H15ClF3N5OS. The molecule has 0 aliphatic carbocycles.